The number of ether oxygens (including phenoxy) is 1. The molecule has 0 radical (unpaired) electrons. The number of aromatic nitrogens is 2. The number of nitrogens with one attached hydrogen (secondary N) is 1. The van der Waals surface area contributed by atoms with Crippen molar-refractivity contribution >= 4 is 17.6 Å². The molecule has 9 heteroatoms. The molecule has 24 heavy (non-hydrogen) atoms. The van der Waals surface area contributed by atoms with Gasteiger partial charge in [-0.25, -0.2) is 18.0 Å². The summed E-state index contributed by atoms with van der Waals surface area (Å²) < 4.78 is 44.6. The minimum atomic E-state index is -3.01. The Bertz CT molecular complexity index is 729. The molecular formula is C15H14F3N3O3. The van der Waals surface area contributed by atoms with E-state index in [1.807, 2.05) is 0 Å². The van der Waals surface area contributed by atoms with Gasteiger partial charge in [-0.3, -0.25) is 9.48 Å². The summed E-state index contributed by atoms with van der Waals surface area (Å²) in [6.07, 6.45) is -2.07. The van der Waals surface area contributed by atoms with Gasteiger partial charge in [0.2, 0.25) is 5.91 Å². The monoisotopic (exact) mass is 341 g/mol. The highest BCUT2D eigenvalue weighted by Crippen LogP contribution is 2.23. The van der Waals surface area contributed by atoms with Gasteiger partial charge in [0, 0.05) is 5.69 Å². The standard InChI is InChI=1S/C15H14F3N3O3/c1-2-24-15(23)11-7-19-21(13(11)14(17)18)8-12(22)20-10-5-3-9(16)4-6-10/h3-7,14H,2,8H2,1H3,(H,20,22). The lowest BCUT2D eigenvalue weighted by Gasteiger charge is -2.09. The second kappa shape index (κ2) is 7.62. The lowest BCUT2D eigenvalue weighted by molar-refractivity contribution is -0.117. The number of nitrogens with zero attached hydrogens (tertiary/aromatic N) is 2. The third kappa shape index (κ3) is 4.12. The maximum absolute atomic E-state index is 13.2. The summed E-state index contributed by atoms with van der Waals surface area (Å²) in [4.78, 5) is 23.6. The molecule has 2 rings (SSSR count). The van der Waals surface area contributed by atoms with Crippen LogP contribution in [-0.2, 0) is 16.1 Å². The topological polar surface area (TPSA) is 73.2 Å². The van der Waals surface area contributed by atoms with Crippen LogP contribution in [0.3, 0.4) is 0 Å². The van der Waals surface area contributed by atoms with Crippen molar-refractivity contribution in [3.8, 4) is 0 Å². The van der Waals surface area contributed by atoms with Crippen LogP contribution >= 0.6 is 0 Å². The Morgan fingerprint density at radius 2 is 1.96 bits per heavy atom. The molecular weight excluding hydrogens is 327 g/mol. The van der Waals surface area contributed by atoms with Crippen LogP contribution in [0.1, 0.15) is 29.4 Å². The summed E-state index contributed by atoms with van der Waals surface area (Å²) in [5, 5.41) is 6.07. The van der Waals surface area contributed by atoms with Crippen molar-refractivity contribution in [2.24, 2.45) is 0 Å². The van der Waals surface area contributed by atoms with Gasteiger partial charge in [0.05, 0.1) is 12.8 Å². The van der Waals surface area contributed by atoms with Crippen molar-refractivity contribution in [1.82, 2.24) is 9.78 Å². The number of esters is 1. The van der Waals surface area contributed by atoms with Gasteiger partial charge < -0.3 is 10.1 Å². The lowest BCUT2D eigenvalue weighted by Crippen LogP contribution is -2.21. The van der Waals surface area contributed by atoms with E-state index in [9.17, 15) is 22.8 Å². The number of benzene rings is 1. The first-order valence-electron chi connectivity index (χ1n) is 6.98. The zero-order chi connectivity index (χ0) is 17.7. The van der Waals surface area contributed by atoms with E-state index >= 15 is 0 Å². The molecule has 6 nitrogen and oxygen atoms in total. The Hall–Kier alpha value is -2.84. The van der Waals surface area contributed by atoms with Gasteiger partial charge in [-0.15, -0.1) is 0 Å². The summed E-state index contributed by atoms with van der Waals surface area (Å²) in [6.45, 7) is 1.04. The maximum atomic E-state index is 13.2. The Labute approximate surface area is 135 Å². The van der Waals surface area contributed by atoms with E-state index in [0.717, 1.165) is 23.0 Å². The number of carbonyl (C=O) groups is 2. The van der Waals surface area contributed by atoms with Gasteiger partial charge in [0.15, 0.2) is 0 Å². The van der Waals surface area contributed by atoms with E-state index in [1.165, 1.54) is 12.1 Å². The van der Waals surface area contributed by atoms with Crippen LogP contribution in [0.25, 0.3) is 0 Å². The largest absolute Gasteiger partial charge is 0.462 e. The molecule has 0 saturated carbocycles. The highest BCUT2D eigenvalue weighted by molar-refractivity contribution is 5.92. The van der Waals surface area contributed by atoms with E-state index in [4.69, 9.17) is 0 Å². The van der Waals surface area contributed by atoms with Crippen molar-refractivity contribution in [3.63, 3.8) is 0 Å². The Kier molecular flexibility index (Phi) is 5.56. The number of rotatable bonds is 6. The summed E-state index contributed by atoms with van der Waals surface area (Å²) in [6, 6.07) is 4.95. The highest BCUT2D eigenvalue weighted by Gasteiger charge is 2.26. The average molecular weight is 341 g/mol. The predicted molar refractivity (Wildman–Crippen MR) is 78.2 cm³/mol. The normalized spacial score (nSPS) is 10.7. The Morgan fingerprint density at radius 3 is 2.54 bits per heavy atom. The van der Waals surface area contributed by atoms with Gasteiger partial charge in [0.25, 0.3) is 6.43 Å². The molecule has 1 aromatic heterocycles. The van der Waals surface area contributed by atoms with Gasteiger partial charge in [-0.2, -0.15) is 5.10 Å². The lowest BCUT2D eigenvalue weighted by atomic mass is 10.2. The maximum Gasteiger partial charge on any atom is 0.341 e. The first-order chi connectivity index (χ1) is 11.4. The van der Waals surface area contributed by atoms with Crippen molar-refractivity contribution in [2.75, 3.05) is 11.9 Å². The third-order valence-corrected chi connectivity index (χ3v) is 3.00. The summed E-state index contributed by atoms with van der Waals surface area (Å²) >= 11 is 0. The zero-order valence-electron chi connectivity index (χ0n) is 12.6. The highest BCUT2D eigenvalue weighted by atomic mass is 19.3. The van der Waals surface area contributed by atoms with Crippen molar-refractivity contribution in [2.45, 2.75) is 19.9 Å². The summed E-state index contributed by atoms with van der Waals surface area (Å²) in [7, 11) is 0. The number of amides is 1. The molecule has 128 valence electrons. The number of hydrogen-bond acceptors (Lipinski definition) is 4. The van der Waals surface area contributed by atoms with E-state index in [-0.39, 0.29) is 12.2 Å². The van der Waals surface area contributed by atoms with Crippen LogP contribution in [0, 0.1) is 5.82 Å². The fraction of sp³-hybridized carbons (Fsp3) is 0.267. The molecule has 2 aromatic rings. The number of halogens is 3. The molecule has 0 bridgehead atoms. The van der Waals surface area contributed by atoms with Gasteiger partial charge in [-0.05, 0) is 31.2 Å². The summed E-state index contributed by atoms with van der Waals surface area (Å²) in [5.41, 5.74) is -0.776. The molecule has 1 heterocycles. The zero-order valence-corrected chi connectivity index (χ0v) is 12.6. The molecule has 0 aliphatic carbocycles. The van der Waals surface area contributed by atoms with Gasteiger partial charge >= 0.3 is 5.97 Å². The predicted octanol–water partition coefficient (Wildman–Crippen LogP) is 2.78. The summed E-state index contributed by atoms with van der Waals surface area (Å²) in [5.74, 6) is -2.06. The van der Waals surface area contributed by atoms with Crippen molar-refractivity contribution in [3.05, 3.63) is 47.5 Å². The number of alkyl halides is 2. The van der Waals surface area contributed by atoms with Crippen molar-refractivity contribution in [1.29, 1.82) is 0 Å². The molecule has 0 spiro atoms. The van der Waals surface area contributed by atoms with Crippen LogP contribution in [0.15, 0.2) is 30.5 Å². The quantitative estimate of drug-likeness (QED) is 0.820. The number of hydrogen-bond donors (Lipinski definition) is 1. The van der Waals surface area contributed by atoms with Crippen LogP contribution in [0.2, 0.25) is 0 Å². The average Bonchev–Trinajstić information content (AvgIpc) is 2.93. The van der Waals surface area contributed by atoms with Crippen LogP contribution in [-0.4, -0.2) is 28.3 Å². The molecule has 1 amide bonds. The van der Waals surface area contributed by atoms with Crippen LogP contribution < -0.4 is 5.32 Å². The molecule has 0 aliphatic rings. The molecule has 0 atom stereocenters. The molecule has 1 aromatic carbocycles. The Balaban J connectivity index is 2.15. The fourth-order valence-corrected chi connectivity index (χ4v) is 1.99. The van der Waals surface area contributed by atoms with Crippen LogP contribution in [0.4, 0.5) is 18.9 Å². The second-order valence-electron chi connectivity index (χ2n) is 4.68. The smallest absolute Gasteiger partial charge is 0.341 e. The fourth-order valence-electron chi connectivity index (χ4n) is 1.99. The van der Waals surface area contributed by atoms with E-state index in [0.29, 0.717) is 5.69 Å². The first-order valence-corrected chi connectivity index (χ1v) is 6.98. The van der Waals surface area contributed by atoms with Crippen molar-refractivity contribution < 1.29 is 27.5 Å². The molecule has 0 aliphatic heterocycles. The molecule has 0 saturated heterocycles. The van der Waals surface area contributed by atoms with Crippen LogP contribution in [0.5, 0.6) is 0 Å². The first kappa shape index (κ1) is 17.5. The third-order valence-electron chi connectivity index (χ3n) is 3.00. The van der Waals surface area contributed by atoms with Gasteiger partial charge in [0.1, 0.15) is 23.6 Å². The minimum Gasteiger partial charge on any atom is -0.462 e. The second-order valence-corrected chi connectivity index (χ2v) is 4.68. The molecule has 1 N–H and O–H groups in total. The number of anilines is 1. The van der Waals surface area contributed by atoms with Gasteiger partial charge in [-0.1, -0.05) is 0 Å². The van der Waals surface area contributed by atoms with E-state index < -0.39 is 36.4 Å². The Morgan fingerprint density at radius 1 is 1.29 bits per heavy atom. The van der Waals surface area contributed by atoms with E-state index in [2.05, 4.69) is 15.2 Å². The minimum absolute atomic E-state index is 0.0255. The molecule has 0 unspecified atom stereocenters. The molecule has 0 fully saturated rings. The number of carbonyl (C=O) groups excluding carboxylic acids is 2. The SMILES string of the molecule is CCOC(=O)c1cnn(CC(=O)Nc2ccc(F)cc2)c1C(F)F. The van der Waals surface area contributed by atoms with E-state index in [1.54, 1.807) is 6.92 Å².